The number of aryl methyl sites for hydroxylation is 2. The summed E-state index contributed by atoms with van der Waals surface area (Å²) < 4.78 is 5.94. The lowest BCUT2D eigenvalue weighted by molar-refractivity contribution is 0.282. The van der Waals surface area contributed by atoms with Gasteiger partial charge in [0.25, 0.3) is 0 Å². The number of hydrogen-bond donors (Lipinski definition) is 1. The molecule has 0 amide bonds. The second kappa shape index (κ2) is 7.43. The molecule has 114 valence electrons. The molecule has 2 aromatic rings. The van der Waals surface area contributed by atoms with Crippen molar-refractivity contribution in [2.75, 3.05) is 13.6 Å². The van der Waals surface area contributed by atoms with Crippen molar-refractivity contribution in [2.24, 2.45) is 0 Å². The van der Waals surface area contributed by atoms with Crippen LogP contribution in [0.4, 0.5) is 0 Å². The SMILES string of the molecule is CCNCc1oc(CN(C)Cc2ccc(C)cc2)cc1C. The highest BCUT2D eigenvalue weighted by Gasteiger charge is 2.09. The van der Waals surface area contributed by atoms with Gasteiger partial charge in [0.05, 0.1) is 13.1 Å². The summed E-state index contributed by atoms with van der Waals surface area (Å²) >= 11 is 0. The van der Waals surface area contributed by atoms with Gasteiger partial charge in [-0.25, -0.2) is 0 Å². The number of nitrogens with one attached hydrogen (secondary N) is 1. The van der Waals surface area contributed by atoms with E-state index in [4.69, 9.17) is 4.42 Å². The number of benzene rings is 1. The van der Waals surface area contributed by atoms with Crippen molar-refractivity contribution in [3.05, 3.63) is 58.5 Å². The van der Waals surface area contributed by atoms with E-state index in [1.807, 2.05) is 0 Å². The number of furan rings is 1. The molecule has 1 aromatic carbocycles. The molecule has 0 atom stereocenters. The summed E-state index contributed by atoms with van der Waals surface area (Å²) in [6, 6.07) is 10.9. The minimum atomic E-state index is 0.810. The number of rotatable bonds is 7. The summed E-state index contributed by atoms with van der Waals surface area (Å²) in [5, 5.41) is 3.31. The van der Waals surface area contributed by atoms with Crippen molar-refractivity contribution in [2.45, 2.75) is 40.4 Å². The van der Waals surface area contributed by atoms with Crippen molar-refractivity contribution in [1.82, 2.24) is 10.2 Å². The van der Waals surface area contributed by atoms with Gasteiger partial charge in [0, 0.05) is 6.54 Å². The van der Waals surface area contributed by atoms with Crippen LogP contribution in [-0.4, -0.2) is 18.5 Å². The molecule has 3 nitrogen and oxygen atoms in total. The van der Waals surface area contributed by atoms with E-state index in [9.17, 15) is 0 Å². The van der Waals surface area contributed by atoms with E-state index < -0.39 is 0 Å². The van der Waals surface area contributed by atoms with Crippen LogP contribution < -0.4 is 5.32 Å². The molecular formula is C18H26N2O. The first kappa shape index (κ1) is 15.8. The topological polar surface area (TPSA) is 28.4 Å². The Bertz CT molecular complexity index is 557. The molecule has 0 fully saturated rings. The maximum Gasteiger partial charge on any atom is 0.120 e. The normalized spacial score (nSPS) is 11.3. The Morgan fingerprint density at radius 3 is 2.48 bits per heavy atom. The minimum Gasteiger partial charge on any atom is -0.463 e. The Labute approximate surface area is 128 Å². The van der Waals surface area contributed by atoms with Crippen LogP contribution in [0.1, 0.15) is 35.1 Å². The van der Waals surface area contributed by atoms with Gasteiger partial charge in [0.1, 0.15) is 11.5 Å². The zero-order chi connectivity index (χ0) is 15.2. The van der Waals surface area contributed by atoms with Gasteiger partial charge in [-0.05, 0) is 44.6 Å². The molecule has 0 saturated heterocycles. The smallest absolute Gasteiger partial charge is 0.120 e. The first-order valence-corrected chi connectivity index (χ1v) is 7.61. The molecule has 2 rings (SSSR count). The van der Waals surface area contributed by atoms with Gasteiger partial charge in [-0.15, -0.1) is 0 Å². The van der Waals surface area contributed by atoms with Crippen molar-refractivity contribution in [1.29, 1.82) is 0 Å². The lowest BCUT2D eigenvalue weighted by Gasteiger charge is -2.15. The standard InChI is InChI=1S/C18H26N2O/c1-5-19-11-18-15(3)10-17(21-18)13-20(4)12-16-8-6-14(2)7-9-16/h6-10,19H,5,11-13H2,1-4H3. The molecule has 0 bridgehead atoms. The third-order valence-corrected chi connectivity index (χ3v) is 3.61. The minimum absolute atomic E-state index is 0.810. The summed E-state index contributed by atoms with van der Waals surface area (Å²) in [4.78, 5) is 2.28. The Balaban J connectivity index is 1.93. The van der Waals surface area contributed by atoms with Gasteiger partial charge >= 0.3 is 0 Å². The Morgan fingerprint density at radius 1 is 1.10 bits per heavy atom. The largest absolute Gasteiger partial charge is 0.463 e. The second-order valence-electron chi connectivity index (χ2n) is 5.76. The first-order chi connectivity index (χ1) is 10.1. The Morgan fingerprint density at radius 2 is 1.81 bits per heavy atom. The van der Waals surface area contributed by atoms with E-state index in [0.29, 0.717) is 0 Å². The zero-order valence-electron chi connectivity index (χ0n) is 13.6. The summed E-state index contributed by atoms with van der Waals surface area (Å²) in [6.07, 6.45) is 0. The molecule has 0 unspecified atom stereocenters. The Hall–Kier alpha value is -1.58. The third kappa shape index (κ3) is 4.73. The summed E-state index contributed by atoms with van der Waals surface area (Å²) in [6.45, 7) is 9.87. The lowest BCUT2D eigenvalue weighted by Crippen LogP contribution is -2.16. The van der Waals surface area contributed by atoms with Crippen molar-refractivity contribution in [3.8, 4) is 0 Å². The van der Waals surface area contributed by atoms with Gasteiger partial charge in [-0.3, -0.25) is 4.90 Å². The van der Waals surface area contributed by atoms with Crippen LogP contribution in [0.25, 0.3) is 0 Å². The van der Waals surface area contributed by atoms with Crippen molar-refractivity contribution in [3.63, 3.8) is 0 Å². The van der Waals surface area contributed by atoms with E-state index in [1.165, 1.54) is 16.7 Å². The highest BCUT2D eigenvalue weighted by molar-refractivity contribution is 5.22. The fourth-order valence-electron chi connectivity index (χ4n) is 2.41. The molecule has 0 aliphatic carbocycles. The van der Waals surface area contributed by atoms with Gasteiger partial charge in [0.15, 0.2) is 0 Å². The molecule has 3 heteroatoms. The predicted molar refractivity (Wildman–Crippen MR) is 87.2 cm³/mol. The van der Waals surface area contributed by atoms with Crippen LogP contribution in [0, 0.1) is 13.8 Å². The molecule has 21 heavy (non-hydrogen) atoms. The van der Waals surface area contributed by atoms with E-state index in [-0.39, 0.29) is 0 Å². The molecule has 0 aliphatic rings. The predicted octanol–water partition coefficient (Wildman–Crippen LogP) is 3.64. The average Bonchev–Trinajstić information content (AvgIpc) is 2.79. The molecule has 1 N–H and O–H groups in total. The number of nitrogens with zero attached hydrogens (tertiary/aromatic N) is 1. The molecular weight excluding hydrogens is 260 g/mol. The maximum atomic E-state index is 5.94. The fourth-order valence-corrected chi connectivity index (χ4v) is 2.41. The zero-order valence-corrected chi connectivity index (χ0v) is 13.6. The molecule has 0 saturated carbocycles. The third-order valence-electron chi connectivity index (χ3n) is 3.61. The monoisotopic (exact) mass is 286 g/mol. The van der Waals surface area contributed by atoms with Crippen LogP contribution in [0.3, 0.4) is 0 Å². The Kier molecular flexibility index (Phi) is 5.59. The van der Waals surface area contributed by atoms with Crippen molar-refractivity contribution < 1.29 is 4.42 Å². The molecule has 0 radical (unpaired) electrons. The van der Waals surface area contributed by atoms with Gasteiger partial charge in [-0.2, -0.15) is 0 Å². The van der Waals surface area contributed by atoms with Crippen LogP contribution in [0.2, 0.25) is 0 Å². The maximum absolute atomic E-state index is 5.94. The summed E-state index contributed by atoms with van der Waals surface area (Å²) in [7, 11) is 2.13. The van der Waals surface area contributed by atoms with E-state index >= 15 is 0 Å². The first-order valence-electron chi connectivity index (χ1n) is 7.61. The van der Waals surface area contributed by atoms with Crippen molar-refractivity contribution >= 4 is 0 Å². The summed E-state index contributed by atoms with van der Waals surface area (Å²) in [5.74, 6) is 2.09. The molecule has 0 aliphatic heterocycles. The summed E-state index contributed by atoms with van der Waals surface area (Å²) in [5.41, 5.74) is 3.87. The molecule has 1 aromatic heterocycles. The molecule has 1 heterocycles. The second-order valence-corrected chi connectivity index (χ2v) is 5.76. The lowest BCUT2D eigenvalue weighted by atomic mass is 10.1. The van der Waals surface area contributed by atoms with Gasteiger partial charge in [-0.1, -0.05) is 36.8 Å². The average molecular weight is 286 g/mol. The quantitative estimate of drug-likeness (QED) is 0.842. The van der Waals surface area contributed by atoms with Crippen LogP contribution in [0.5, 0.6) is 0 Å². The van der Waals surface area contributed by atoms with Gasteiger partial charge in [0.2, 0.25) is 0 Å². The van der Waals surface area contributed by atoms with Crippen LogP contribution in [0.15, 0.2) is 34.7 Å². The highest BCUT2D eigenvalue weighted by Crippen LogP contribution is 2.17. The van der Waals surface area contributed by atoms with Crippen LogP contribution in [-0.2, 0) is 19.6 Å². The fraction of sp³-hybridized carbons (Fsp3) is 0.444. The van der Waals surface area contributed by atoms with E-state index in [0.717, 1.165) is 37.7 Å². The number of hydrogen-bond acceptors (Lipinski definition) is 3. The van der Waals surface area contributed by atoms with Crippen LogP contribution >= 0.6 is 0 Å². The van der Waals surface area contributed by atoms with Gasteiger partial charge < -0.3 is 9.73 Å². The van der Waals surface area contributed by atoms with E-state index in [2.05, 4.69) is 68.4 Å². The molecule has 0 spiro atoms. The van der Waals surface area contributed by atoms with E-state index in [1.54, 1.807) is 0 Å². The highest BCUT2D eigenvalue weighted by atomic mass is 16.3.